The molecule has 6 nitrogen and oxygen atoms in total. The Hall–Kier alpha value is -3.16. The maximum Gasteiger partial charge on any atom is 0.322 e. The minimum Gasteiger partial charge on any atom is -0.315 e. The second-order valence-electron chi connectivity index (χ2n) is 7.72. The number of anilines is 1. The Morgan fingerprint density at radius 2 is 1.74 bits per heavy atom. The van der Waals surface area contributed by atoms with Gasteiger partial charge in [0.2, 0.25) is 0 Å². The van der Waals surface area contributed by atoms with Crippen molar-refractivity contribution in [1.82, 2.24) is 14.5 Å². The van der Waals surface area contributed by atoms with Crippen LogP contribution in [0.15, 0.2) is 82.1 Å². The molecule has 1 unspecified atom stereocenters. The highest BCUT2D eigenvalue weighted by Crippen LogP contribution is 2.28. The van der Waals surface area contributed by atoms with E-state index < -0.39 is 6.04 Å². The number of benzene rings is 3. The number of nitrogens with one attached hydrogen (secondary N) is 1. The summed E-state index contributed by atoms with van der Waals surface area (Å²) in [5.41, 5.74) is 1.71. The molecular formula is C26H24BrClN4O2. The van der Waals surface area contributed by atoms with Gasteiger partial charge in [0.1, 0.15) is 5.82 Å². The molecule has 34 heavy (non-hydrogen) atoms. The Morgan fingerprint density at radius 1 is 1.06 bits per heavy atom. The zero-order valence-corrected chi connectivity index (χ0v) is 21.2. The quantitative estimate of drug-likeness (QED) is 0.293. The van der Waals surface area contributed by atoms with Crippen LogP contribution in [0.4, 0.5) is 10.5 Å². The lowest BCUT2D eigenvalue weighted by atomic mass is 10.1. The molecule has 0 fully saturated rings. The number of hydrogen-bond donors (Lipinski definition) is 1. The average molecular weight is 540 g/mol. The van der Waals surface area contributed by atoms with Gasteiger partial charge in [0.25, 0.3) is 5.56 Å². The molecule has 8 heteroatoms. The van der Waals surface area contributed by atoms with Crippen molar-refractivity contribution in [2.45, 2.75) is 26.3 Å². The fraction of sp³-hybridized carbons (Fsp3) is 0.192. The minimum absolute atomic E-state index is 0.191. The molecule has 0 spiro atoms. The van der Waals surface area contributed by atoms with Crippen LogP contribution in [0.1, 0.15) is 32.1 Å². The van der Waals surface area contributed by atoms with Gasteiger partial charge >= 0.3 is 6.03 Å². The number of hydrogen-bond acceptors (Lipinski definition) is 3. The number of carbonyl (C=O) groups excluding carboxylic acids is 1. The summed E-state index contributed by atoms with van der Waals surface area (Å²) >= 11 is 9.58. The zero-order chi connectivity index (χ0) is 24.2. The molecule has 0 aliphatic heterocycles. The molecule has 1 N–H and O–H groups in total. The summed E-state index contributed by atoms with van der Waals surface area (Å²) in [5, 5.41) is 4.05. The van der Waals surface area contributed by atoms with E-state index in [4.69, 9.17) is 16.6 Å². The van der Waals surface area contributed by atoms with E-state index in [0.717, 1.165) is 4.47 Å². The topological polar surface area (TPSA) is 67.2 Å². The zero-order valence-electron chi connectivity index (χ0n) is 18.8. The van der Waals surface area contributed by atoms with Crippen LogP contribution in [0.3, 0.4) is 0 Å². The van der Waals surface area contributed by atoms with E-state index in [1.54, 1.807) is 39.8 Å². The fourth-order valence-electron chi connectivity index (χ4n) is 4.01. The molecule has 4 rings (SSSR count). The monoisotopic (exact) mass is 538 g/mol. The van der Waals surface area contributed by atoms with Gasteiger partial charge in [-0.3, -0.25) is 9.36 Å². The third-order valence-electron chi connectivity index (χ3n) is 5.66. The van der Waals surface area contributed by atoms with Crippen LogP contribution in [-0.2, 0) is 0 Å². The van der Waals surface area contributed by atoms with Gasteiger partial charge < -0.3 is 10.2 Å². The summed E-state index contributed by atoms with van der Waals surface area (Å²) in [6.45, 7) is 4.32. The van der Waals surface area contributed by atoms with Gasteiger partial charge in [0.15, 0.2) is 0 Å². The highest BCUT2D eigenvalue weighted by molar-refractivity contribution is 9.10. The minimum atomic E-state index is -0.444. The SMILES string of the molecule is CCC(c1nc2ccccc2c(=O)n1-c1ccc(Cl)cc1)N(CC)C(=O)Nc1ccccc1Br. The first-order valence-corrected chi connectivity index (χ1v) is 12.2. The van der Waals surface area contributed by atoms with Crippen LogP contribution in [0.5, 0.6) is 0 Å². The van der Waals surface area contributed by atoms with Crippen molar-refractivity contribution < 1.29 is 4.79 Å². The Kier molecular flexibility index (Phi) is 7.34. The van der Waals surface area contributed by atoms with Crippen molar-refractivity contribution >= 4 is 50.2 Å². The Balaban J connectivity index is 1.86. The summed E-state index contributed by atoms with van der Waals surface area (Å²) in [6.07, 6.45) is 0.565. The van der Waals surface area contributed by atoms with Crippen LogP contribution in [0.2, 0.25) is 5.02 Å². The molecule has 2 amide bonds. The van der Waals surface area contributed by atoms with Crippen molar-refractivity contribution in [1.29, 1.82) is 0 Å². The predicted octanol–water partition coefficient (Wildman–Crippen LogP) is 6.81. The number of amides is 2. The number of halogens is 2. The van der Waals surface area contributed by atoms with E-state index in [9.17, 15) is 9.59 Å². The van der Waals surface area contributed by atoms with E-state index in [1.807, 2.05) is 56.3 Å². The van der Waals surface area contributed by atoms with E-state index in [-0.39, 0.29) is 11.6 Å². The number of para-hydroxylation sites is 2. The molecule has 1 atom stereocenters. The maximum absolute atomic E-state index is 13.6. The van der Waals surface area contributed by atoms with Crippen LogP contribution in [0.25, 0.3) is 16.6 Å². The first-order chi connectivity index (χ1) is 16.4. The summed E-state index contributed by atoms with van der Waals surface area (Å²) in [7, 11) is 0. The molecule has 0 saturated carbocycles. The number of carbonyl (C=O) groups is 1. The van der Waals surface area contributed by atoms with Gasteiger partial charge in [-0.2, -0.15) is 0 Å². The molecule has 1 heterocycles. The van der Waals surface area contributed by atoms with Gasteiger partial charge in [-0.05, 0) is 77.8 Å². The molecule has 3 aromatic carbocycles. The van der Waals surface area contributed by atoms with Crippen molar-refractivity contribution in [3.8, 4) is 5.69 Å². The van der Waals surface area contributed by atoms with E-state index in [2.05, 4.69) is 21.2 Å². The third kappa shape index (κ3) is 4.72. The molecule has 0 aliphatic rings. The van der Waals surface area contributed by atoms with Crippen LogP contribution in [-0.4, -0.2) is 27.0 Å². The molecule has 174 valence electrons. The van der Waals surface area contributed by atoms with Crippen molar-refractivity contribution in [3.63, 3.8) is 0 Å². The number of aromatic nitrogens is 2. The van der Waals surface area contributed by atoms with Crippen LogP contribution in [0, 0.1) is 0 Å². The van der Waals surface area contributed by atoms with Gasteiger partial charge in [-0.1, -0.05) is 42.8 Å². The van der Waals surface area contributed by atoms with Gasteiger partial charge in [-0.25, -0.2) is 9.78 Å². The molecule has 0 radical (unpaired) electrons. The largest absolute Gasteiger partial charge is 0.322 e. The summed E-state index contributed by atoms with van der Waals surface area (Å²) in [5.74, 6) is 0.498. The molecule has 1 aromatic heterocycles. The second-order valence-corrected chi connectivity index (χ2v) is 9.01. The average Bonchev–Trinajstić information content (AvgIpc) is 2.84. The number of fused-ring (bicyclic) bond motifs is 1. The Labute approximate surface area is 211 Å². The lowest BCUT2D eigenvalue weighted by molar-refractivity contribution is 0.185. The van der Waals surface area contributed by atoms with Crippen LogP contribution < -0.4 is 10.9 Å². The Morgan fingerprint density at radius 3 is 2.41 bits per heavy atom. The molecule has 4 aromatic rings. The smallest absolute Gasteiger partial charge is 0.315 e. The third-order valence-corrected chi connectivity index (χ3v) is 6.61. The van der Waals surface area contributed by atoms with Crippen LogP contribution >= 0.6 is 27.5 Å². The standard InChI is InChI=1S/C26H24BrClN4O2/c1-3-23(31(4-2)26(34)30-22-12-8-6-10-20(22)27)24-29-21-11-7-5-9-19(21)25(33)32(24)18-15-13-17(28)14-16-18/h5-16,23H,3-4H2,1-2H3,(H,30,34). The second kappa shape index (κ2) is 10.4. The normalized spacial score (nSPS) is 11.9. The van der Waals surface area contributed by atoms with E-state index in [1.165, 1.54) is 0 Å². The first kappa shape index (κ1) is 24.0. The summed E-state index contributed by atoms with van der Waals surface area (Å²) in [6, 6.07) is 21.0. The number of rotatable bonds is 6. The number of urea groups is 1. The molecule has 0 saturated heterocycles. The lowest BCUT2D eigenvalue weighted by Gasteiger charge is -2.31. The van der Waals surface area contributed by atoms with Crippen molar-refractivity contribution in [3.05, 3.63) is 98.5 Å². The Bertz CT molecular complexity index is 1390. The highest BCUT2D eigenvalue weighted by atomic mass is 79.9. The molecule has 0 bridgehead atoms. The maximum atomic E-state index is 13.6. The predicted molar refractivity (Wildman–Crippen MR) is 141 cm³/mol. The number of nitrogens with zero attached hydrogens (tertiary/aromatic N) is 3. The first-order valence-electron chi connectivity index (χ1n) is 11.0. The summed E-state index contributed by atoms with van der Waals surface area (Å²) < 4.78 is 2.37. The van der Waals surface area contributed by atoms with E-state index in [0.29, 0.717) is 46.1 Å². The van der Waals surface area contributed by atoms with Crippen molar-refractivity contribution in [2.24, 2.45) is 0 Å². The van der Waals surface area contributed by atoms with Crippen molar-refractivity contribution in [2.75, 3.05) is 11.9 Å². The highest BCUT2D eigenvalue weighted by Gasteiger charge is 2.28. The fourth-order valence-corrected chi connectivity index (χ4v) is 4.52. The van der Waals surface area contributed by atoms with E-state index >= 15 is 0 Å². The molecular weight excluding hydrogens is 516 g/mol. The summed E-state index contributed by atoms with van der Waals surface area (Å²) in [4.78, 5) is 33.6. The molecule has 0 aliphatic carbocycles. The van der Waals surface area contributed by atoms with Gasteiger partial charge in [0.05, 0.1) is 28.3 Å². The lowest BCUT2D eigenvalue weighted by Crippen LogP contribution is -2.40. The van der Waals surface area contributed by atoms with Gasteiger partial charge in [-0.15, -0.1) is 0 Å². The van der Waals surface area contributed by atoms with Gasteiger partial charge in [0, 0.05) is 16.0 Å².